The molecule has 1 amide bonds. The number of carbonyl (C=O) groups is 1. The molecule has 0 spiro atoms. The molecule has 1 N–H and O–H groups in total. The topological polar surface area (TPSA) is 73.6 Å². The Bertz CT molecular complexity index is 1020. The Morgan fingerprint density at radius 2 is 2.00 bits per heavy atom. The summed E-state index contributed by atoms with van der Waals surface area (Å²) in [6, 6.07) is 11.4. The Morgan fingerprint density at radius 3 is 2.69 bits per heavy atom. The van der Waals surface area contributed by atoms with Gasteiger partial charge in [0.05, 0.1) is 12.1 Å². The maximum Gasteiger partial charge on any atom is 0.387 e. The lowest BCUT2D eigenvalue weighted by molar-refractivity contribution is -0.0512. The number of ether oxygens (including phenoxy) is 2. The van der Waals surface area contributed by atoms with Crippen LogP contribution in [-0.4, -0.2) is 24.8 Å². The van der Waals surface area contributed by atoms with Crippen molar-refractivity contribution in [1.29, 1.82) is 0 Å². The second-order valence-electron chi connectivity index (χ2n) is 5.99. The first-order chi connectivity index (χ1) is 13.9. The van der Waals surface area contributed by atoms with Crippen molar-refractivity contribution in [3.63, 3.8) is 0 Å². The molecule has 9 heteroatoms. The lowest BCUT2D eigenvalue weighted by Gasteiger charge is -2.12. The van der Waals surface area contributed by atoms with Crippen molar-refractivity contribution in [2.24, 2.45) is 0 Å². The smallest absolute Gasteiger partial charge is 0.387 e. The third kappa shape index (κ3) is 4.65. The summed E-state index contributed by atoms with van der Waals surface area (Å²) in [5.74, 6) is -0.0666. The van der Waals surface area contributed by atoms with Gasteiger partial charge in [0.2, 0.25) is 0 Å². The van der Waals surface area contributed by atoms with Crippen molar-refractivity contribution in [3.05, 3.63) is 64.4 Å². The highest BCUT2D eigenvalue weighted by Gasteiger charge is 2.23. The van der Waals surface area contributed by atoms with Crippen LogP contribution >= 0.6 is 11.6 Å². The average Bonchev–Trinajstić information content (AvgIpc) is 3.07. The second-order valence-corrected chi connectivity index (χ2v) is 6.40. The second kappa shape index (κ2) is 8.91. The normalized spacial score (nSPS) is 10.8. The van der Waals surface area contributed by atoms with E-state index in [9.17, 15) is 13.6 Å². The number of hydrogen-bond donors (Lipinski definition) is 1. The van der Waals surface area contributed by atoms with Crippen LogP contribution in [0.3, 0.4) is 0 Å². The molecule has 152 valence electrons. The van der Waals surface area contributed by atoms with Crippen molar-refractivity contribution in [3.8, 4) is 22.8 Å². The Balaban J connectivity index is 1.80. The summed E-state index contributed by atoms with van der Waals surface area (Å²) < 4.78 is 39.8. The van der Waals surface area contributed by atoms with Crippen LogP contribution in [0.5, 0.6) is 11.5 Å². The number of methoxy groups -OCH3 is 1. The predicted molar refractivity (Wildman–Crippen MR) is 102 cm³/mol. The van der Waals surface area contributed by atoms with E-state index in [4.69, 9.17) is 20.9 Å². The van der Waals surface area contributed by atoms with E-state index in [1.165, 1.54) is 19.2 Å². The van der Waals surface area contributed by atoms with Crippen molar-refractivity contribution < 1.29 is 27.6 Å². The molecule has 3 rings (SSSR count). The number of rotatable bonds is 7. The van der Waals surface area contributed by atoms with Gasteiger partial charge in [0.1, 0.15) is 17.0 Å². The number of benzene rings is 2. The van der Waals surface area contributed by atoms with E-state index in [1.807, 2.05) is 0 Å². The molecule has 0 saturated heterocycles. The van der Waals surface area contributed by atoms with Gasteiger partial charge in [-0.3, -0.25) is 4.79 Å². The molecular formula is C20H17ClF2N2O4. The Morgan fingerprint density at radius 1 is 1.24 bits per heavy atom. The quantitative estimate of drug-likeness (QED) is 0.589. The van der Waals surface area contributed by atoms with E-state index < -0.39 is 12.5 Å². The molecule has 0 aliphatic rings. The summed E-state index contributed by atoms with van der Waals surface area (Å²) >= 11 is 6.20. The third-order valence-electron chi connectivity index (χ3n) is 4.12. The number of alkyl halides is 2. The number of nitrogens with one attached hydrogen (secondary N) is 1. The maximum atomic E-state index is 12.8. The summed E-state index contributed by atoms with van der Waals surface area (Å²) in [5, 5.41) is 7.11. The molecule has 2 aromatic carbocycles. The minimum Gasteiger partial charge on any atom is -0.493 e. The summed E-state index contributed by atoms with van der Waals surface area (Å²) in [7, 11) is 1.35. The van der Waals surface area contributed by atoms with Gasteiger partial charge in [-0.1, -0.05) is 41.0 Å². The average molecular weight is 423 g/mol. The Hall–Kier alpha value is -3.13. The zero-order chi connectivity index (χ0) is 21.0. The molecule has 0 saturated carbocycles. The monoisotopic (exact) mass is 422 g/mol. The van der Waals surface area contributed by atoms with Gasteiger partial charge >= 0.3 is 6.61 Å². The molecule has 3 aromatic rings. The molecule has 29 heavy (non-hydrogen) atoms. The molecule has 0 bridgehead atoms. The summed E-state index contributed by atoms with van der Waals surface area (Å²) in [5.41, 5.74) is 1.68. The molecule has 0 radical (unpaired) electrons. The maximum absolute atomic E-state index is 12.8. The van der Waals surface area contributed by atoms with Gasteiger partial charge in [-0.15, -0.1) is 0 Å². The van der Waals surface area contributed by atoms with Crippen LogP contribution in [0.1, 0.15) is 21.7 Å². The molecule has 6 nitrogen and oxygen atoms in total. The standard InChI is InChI=1S/C20H17ClF2N2O4/c1-11-17(18(25-29-11)13-5-3-4-6-14(13)21)19(26)24-10-12-7-8-15(27-2)16(9-12)28-20(22)23/h3-9,20H,10H2,1-2H3,(H,24,26). The molecule has 0 aliphatic heterocycles. The first kappa shape index (κ1) is 20.6. The van der Waals surface area contributed by atoms with E-state index in [0.29, 0.717) is 27.6 Å². The number of nitrogens with zero attached hydrogens (tertiary/aromatic N) is 1. The first-order valence-electron chi connectivity index (χ1n) is 8.51. The highest BCUT2D eigenvalue weighted by Crippen LogP contribution is 2.32. The summed E-state index contributed by atoms with van der Waals surface area (Å²) in [6.07, 6.45) is 0. The van der Waals surface area contributed by atoms with Crippen LogP contribution in [0, 0.1) is 6.92 Å². The highest BCUT2D eigenvalue weighted by atomic mass is 35.5. The lowest BCUT2D eigenvalue weighted by atomic mass is 10.1. The fourth-order valence-corrected chi connectivity index (χ4v) is 2.99. The van der Waals surface area contributed by atoms with Crippen molar-refractivity contribution in [1.82, 2.24) is 10.5 Å². The van der Waals surface area contributed by atoms with Crippen LogP contribution < -0.4 is 14.8 Å². The van der Waals surface area contributed by atoms with Crippen LogP contribution in [0.25, 0.3) is 11.3 Å². The molecule has 0 aliphatic carbocycles. The van der Waals surface area contributed by atoms with Crippen molar-refractivity contribution in [2.75, 3.05) is 7.11 Å². The fourth-order valence-electron chi connectivity index (χ4n) is 2.77. The van der Waals surface area contributed by atoms with Gasteiger partial charge in [0, 0.05) is 12.1 Å². The van der Waals surface area contributed by atoms with E-state index in [0.717, 1.165) is 0 Å². The Kier molecular flexibility index (Phi) is 6.33. The van der Waals surface area contributed by atoms with Gasteiger partial charge in [-0.25, -0.2) is 0 Å². The Labute approximate surface area is 170 Å². The minimum atomic E-state index is -2.99. The third-order valence-corrected chi connectivity index (χ3v) is 4.45. The van der Waals surface area contributed by atoms with Crippen LogP contribution in [0.4, 0.5) is 8.78 Å². The zero-order valence-electron chi connectivity index (χ0n) is 15.5. The SMILES string of the molecule is COc1ccc(CNC(=O)c2c(-c3ccccc3Cl)noc2C)cc1OC(F)F. The van der Waals surface area contributed by atoms with Gasteiger partial charge in [-0.05, 0) is 30.7 Å². The molecule has 0 atom stereocenters. The van der Waals surface area contributed by atoms with E-state index in [1.54, 1.807) is 37.3 Å². The molecular weight excluding hydrogens is 406 g/mol. The van der Waals surface area contributed by atoms with Gasteiger partial charge in [-0.2, -0.15) is 8.78 Å². The summed E-state index contributed by atoms with van der Waals surface area (Å²) in [4.78, 5) is 12.8. The van der Waals surface area contributed by atoms with Crippen LogP contribution in [-0.2, 0) is 6.54 Å². The summed E-state index contributed by atoms with van der Waals surface area (Å²) in [6.45, 7) is -1.31. The zero-order valence-corrected chi connectivity index (χ0v) is 16.3. The number of carbonyl (C=O) groups excluding carboxylic acids is 1. The molecule has 0 unspecified atom stereocenters. The molecule has 1 aromatic heterocycles. The predicted octanol–water partition coefficient (Wildman–Crippen LogP) is 4.84. The molecule has 1 heterocycles. The van der Waals surface area contributed by atoms with E-state index >= 15 is 0 Å². The van der Waals surface area contributed by atoms with Crippen LogP contribution in [0.2, 0.25) is 5.02 Å². The number of aromatic nitrogens is 1. The minimum absolute atomic E-state index is 0.0645. The fraction of sp³-hybridized carbons (Fsp3) is 0.200. The van der Waals surface area contributed by atoms with E-state index in [2.05, 4.69) is 15.2 Å². The lowest BCUT2D eigenvalue weighted by Crippen LogP contribution is -2.23. The van der Waals surface area contributed by atoms with Crippen LogP contribution in [0.15, 0.2) is 47.0 Å². The van der Waals surface area contributed by atoms with Gasteiger partial charge in [0.25, 0.3) is 5.91 Å². The number of aryl methyl sites for hydroxylation is 1. The number of hydrogen-bond acceptors (Lipinski definition) is 5. The van der Waals surface area contributed by atoms with Crippen molar-refractivity contribution in [2.45, 2.75) is 20.1 Å². The van der Waals surface area contributed by atoms with Crippen molar-refractivity contribution >= 4 is 17.5 Å². The van der Waals surface area contributed by atoms with E-state index in [-0.39, 0.29) is 23.6 Å². The number of amides is 1. The largest absolute Gasteiger partial charge is 0.493 e. The first-order valence-corrected chi connectivity index (χ1v) is 8.89. The highest BCUT2D eigenvalue weighted by molar-refractivity contribution is 6.33. The number of halogens is 3. The molecule has 0 fully saturated rings. The van der Waals surface area contributed by atoms with Gasteiger partial charge in [0.15, 0.2) is 11.5 Å². The van der Waals surface area contributed by atoms with Gasteiger partial charge < -0.3 is 19.3 Å².